The molecule has 0 aliphatic rings. The summed E-state index contributed by atoms with van der Waals surface area (Å²) in [7, 11) is 0. The lowest BCUT2D eigenvalue weighted by atomic mass is 10.1. The molecule has 4 N–H and O–H groups in total. The summed E-state index contributed by atoms with van der Waals surface area (Å²) in [4.78, 5) is 16.3. The van der Waals surface area contributed by atoms with Gasteiger partial charge in [-0.05, 0) is 24.6 Å². The van der Waals surface area contributed by atoms with Gasteiger partial charge >= 0.3 is 5.97 Å². The van der Waals surface area contributed by atoms with Crippen LogP contribution in [-0.2, 0) is 17.8 Å². The molecule has 3 heterocycles. The Kier molecular flexibility index (Phi) is 4.75. The molecule has 0 amide bonds. The number of aromatic nitrogens is 1. The molecule has 0 aliphatic carbocycles. The van der Waals surface area contributed by atoms with Gasteiger partial charge in [-0.25, -0.2) is 4.98 Å². The molecule has 1 atom stereocenters. The van der Waals surface area contributed by atoms with Crippen LogP contribution in [-0.4, -0.2) is 22.1 Å². The zero-order valence-electron chi connectivity index (χ0n) is 12.9. The fraction of sp³-hybridized carbons (Fsp3) is 0.250. The number of aryl methyl sites for hydroxylation is 1. The topological polar surface area (TPSA) is 101 Å². The van der Waals surface area contributed by atoms with Crippen LogP contribution in [0.1, 0.15) is 16.2 Å². The van der Waals surface area contributed by atoms with E-state index in [0.717, 1.165) is 32.1 Å². The quantitative estimate of drug-likeness (QED) is 0.578. The summed E-state index contributed by atoms with van der Waals surface area (Å²) in [5.41, 5.74) is 8.18. The lowest BCUT2D eigenvalue weighted by Crippen LogP contribution is -2.32. The highest BCUT2D eigenvalue weighted by molar-refractivity contribution is 7.19. The normalized spacial score (nSPS) is 12.5. The minimum atomic E-state index is -1.02. The number of aliphatic carboxylic acids is 1. The van der Waals surface area contributed by atoms with Gasteiger partial charge in [0.25, 0.3) is 0 Å². The number of carboxylic acids is 1. The van der Waals surface area contributed by atoms with E-state index in [1.165, 1.54) is 11.3 Å². The summed E-state index contributed by atoms with van der Waals surface area (Å²) in [6, 6.07) is 4.52. The molecule has 6 nitrogen and oxygen atoms in total. The lowest BCUT2D eigenvalue weighted by molar-refractivity contribution is -0.138. The number of anilines is 1. The Hall–Kier alpha value is -2.09. The predicted octanol–water partition coefficient (Wildman–Crippen LogP) is 3.42. The fourth-order valence-corrected chi connectivity index (χ4v) is 3.89. The maximum absolute atomic E-state index is 11.0. The predicted molar refractivity (Wildman–Crippen MR) is 94.7 cm³/mol. The third-order valence-electron chi connectivity index (χ3n) is 3.70. The van der Waals surface area contributed by atoms with Crippen LogP contribution in [0.15, 0.2) is 28.9 Å². The summed E-state index contributed by atoms with van der Waals surface area (Å²) < 4.78 is 6.24. The minimum Gasteiger partial charge on any atom is -0.480 e. The monoisotopic (exact) mass is 365 g/mol. The van der Waals surface area contributed by atoms with Crippen LogP contribution in [0, 0.1) is 6.92 Å². The number of carboxylic acid groups (broad SMARTS) is 1. The van der Waals surface area contributed by atoms with Gasteiger partial charge in [0.2, 0.25) is 0 Å². The Morgan fingerprint density at radius 2 is 2.38 bits per heavy atom. The van der Waals surface area contributed by atoms with Crippen LogP contribution in [0.4, 0.5) is 5.69 Å². The van der Waals surface area contributed by atoms with Crippen molar-refractivity contribution in [1.29, 1.82) is 0 Å². The average Bonchev–Trinajstić information content (AvgIpc) is 3.15. The van der Waals surface area contributed by atoms with Crippen LogP contribution in [0.2, 0.25) is 5.15 Å². The molecule has 0 aliphatic heterocycles. The molecule has 3 aromatic rings. The summed E-state index contributed by atoms with van der Waals surface area (Å²) in [5.74, 6) is -0.216. The molecule has 8 heteroatoms. The molecule has 0 spiro atoms. The van der Waals surface area contributed by atoms with Crippen molar-refractivity contribution in [2.75, 3.05) is 5.32 Å². The maximum Gasteiger partial charge on any atom is 0.320 e. The number of nitrogens with zero attached hydrogens (tertiary/aromatic N) is 1. The van der Waals surface area contributed by atoms with E-state index >= 15 is 0 Å². The lowest BCUT2D eigenvalue weighted by Gasteiger charge is -2.06. The number of hydrogen-bond donors (Lipinski definition) is 3. The van der Waals surface area contributed by atoms with Crippen LogP contribution < -0.4 is 11.1 Å². The van der Waals surface area contributed by atoms with E-state index in [2.05, 4.69) is 10.3 Å². The first-order valence-electron chi connectivity index (χ1n) is 7.29. The molecule has 0 fully saturated rings. The van der Waals surface area contributed by atoms with Crippen molar-refractivity contribution in [1.82, 2.24) is 4.98 Å². The third kappa shape index (κ3) is 3.38. The van der Waals surface area contributed by atoms with E-state index in [9.17, 15) is 4.79 Å². The van der Waals surface area contributed by atoms with E-state index in [1.807, 2.05) is 19.1 Å². The van der Waals surface area contributed by atoms with Crippen molar-refractivity contribution < 1.29 is 14.3 Å². The molecule has 1 unspecified atom stereocenters. The van der Waals surface area contributed by atoms with Crippen molar-refractivity contribution in [3.63, 3.8) is 0 Å². The van der Waals surface area contributed by atoms with E-state index in [0.29, 0.717) is 11.7 Å². The van der Waals surface area contributed by atoms with Gasteiger partial charge < -0.3 is 20.6 Å². The number of pyridine rings is 1. The van der Waals surface area contributed by atoms with E-state index in [-0.39, 0.29) is 6.42 Å². The van der Waals surface area contributed by atoms with Gasteiger partial charge in [0.15, 0.2) is 0 Å². The molecule has 0 aromatic carbocycles. The molecular formula is C16H16ClN3O3S. The minimum absolute atomic E-state index is 0.261. The second kappa shape index (κ2) is 6.80. The van der Waals surface area contributed by atoms with E-state index < -0.39 is 12.0 Å². The first kappa shape index (κ1) is 16.8. The van der Waals surface area contributed by atoms with Crippen molar-refractivity contribution >= 4 is 44.8 Å². The van der Waals surface area contributed by atoms with Crippen molar-refractivity contribution in [3.8, 4) is 0 Å². The number of fused-ring (bicyclic) bond motifs is 1. The molecule has 3 aromatic heterocycles. The largest absolute Gasteiger partial charge is 0.480 e. The molecule has 0 bridgehead atoms. The Morgan fingerprint density at radius 3 is 3.04 bits per heavy atom. The summed E-state index contributed by atoms with van der Waals surface area (Å²) in [6.07, 6.45) is 1.88. The van der Waals surface area contributed by atoms with Crippen LogP contribution in [0.3, 0.4) is 0 Å². The van der Waals surface area contributed by atoms with Gasteiger partial charge in [-0.1, -0.05) is 11.6 Å². The van der Waals surface area contributed by atoms with E-state index in [4.69, 9.17) is 26.9 Å². The SMILES string of the molecule is Cc1c(CC(N)C(=O)O)sc2c(NCc3ccco3)cc(Cl)nc12. The zero-order valence-corrected chi connectivity index (χ0v) is 14.4. The van der Waals surface area contributed by atoms with Crippen LogP contribution in [0.5, 0.6) is 0 Å². The number of halogens is 1. The van der Waals surface area contributed by atoms with Gasteiger partial charge in [0, 0.05) is 17.4 Å². The first-order chi connectivity index (χ1) is 11.5. The van der Waals surface area contributed by atoms with Gasteiger partial charge in [-0.3, -0.25) is 4.79 Å². The maximum atomic E-state index is 11.0. The Balaban J connectivity index is 1.95. The Bertz CT molecular complexity index is 876. The Labute approximate surface area is 147 Å². The van der Waals surface area contributed by atoms with Crippen LogP contribution >= 0.6 is 22.9 Å². The number of nitrogens with two attached hydrogens (primary N) is 1. The molecule has 0 saturated carbocycles. The third-order valence-corrected chi connectivity index (χ3v) is 5.23. The summed E-state index contributed by atoms with van der Waals surface area (Å²) in [6.45, 7) is 2.42. The highest BCUT2D eigenvalue weighted by Crippen LogP contribution is 2.37. The van der Waals surface area contributed by atoms with Gasteiger partial charge in [-0.15, -0.1) is 11.3 Å². The van der Waals surface area contributed by atoms with Crippen LogP contribution in [0.25, 0.3) is 10.2 Å². The molecular weight excluding hydrogens is 350 g/mol. The van der Waals surface area contributed by atoms with Gasteiger partial charge in [-0.2, -0.15) is 0 Å². The number of rotatable bonds is 6. The van der Waals surface area contributed by atoms with Gasteiger partial charge in [0.1, 0.15) is 17.0 Å². The second-order valence-corrected chi connectivity index (χ2v) is 6.89. The average molecular weight is 366 g/mol. The van der Waals surface area contributed by atoms with E-state index in [1.54, 1.807) is 12.3 Å². The summed E-state index contributed by atoms with van der Waals surface area (Å²) in [5, 5.41) is 12.7. The number of hydrogen-bond acceptors (Lipinski definition) is 6. The molecule has 0 radical (unpaired) electrons. The standard InChI is InChI=1S/C16H16ClN3O3S/c1-8-12(5-10(18)16(21)22)24-15-11(6-13(17)20-14(8)15)19-7-9-3-2-4-23-9/h2-4,6,10H,5,7,18H2,1H3,(H,19,20)(H,21,22). The molecule has 126 valence electrons. The zero-order chi connectivity index (χ0) is 17.3. The molecule has 24 heavy (non-hydrogen) atoms. The summed E-state index contributed by atoms with van der Waals surface area (Å²) >= 11 is 7.62. The Morgan fingerprint density at radius 1 is 1.58 bits per heavy atom. The second-order valence-electron chi connectivity index (χ2n) is 5.40. The highest BCUT2D eigenvalue weighted by atomic mass is 35.5. The number of nitrogens with one attached hydrogen (secondary N) is 1. The fourth-order valence-electron chi connectivity index (χ4n) is 2.40. The van der Waals surface area contributed by atoms with Crippen molar-refractivity contribution in [2.24, 2.45) is 5.73 Å². The smallest absolute Gasteiger partial charge is 0.320 e. The number of thiophene rings is 1. The van der Waals surface area contributed by atoms with Gasteiger partial charge in [0.05, 0.1) is 28.7 Å². The highest BCUT2D eigenvalue weighted by Gasteiger charge is 2.19. The van der Waals surface area contributed by atoms with Crippen molar-refractivity contribution in [3.05, 3.63) is 45.8 Å². The first-order valence-corrected chi connectivity index (χ1v) is 8.48. The molecule has 3 rings (SSSR count). The molecule has 0 saturated heterocycles. The number of furan rings is 1. The number of carbonyl (C=O) groups is 1. The van der Waals surface area contributed by atoms with Crippen molar-refractivity contribution in [2.45, 2.75) is 25.9 Å².